The summed E-state index contributed by atoms with van der Waals surface area (Å²) in [5, 5.41) is 8.67. The van der Waals surface area contributed by atoms with E-state index in [0.29, 0.717) is 42.7 Å². The number of carbonyl (C=O) groups is 1. The summed E-state index contributed by atoms with van der Waals surface area (Å²) in [7, 11) is 0. The molecular weight excluding hydrogens is 312 g/mol. The molecule has 0 aromatic rings. The van der Waals surface area contributed by atoms with E-state index in [1.54, 1.807) is 0 Å². The Morgan fingerprint density at radius 3 is 2.39 bits per heavy atom. The van der Waals surface area contributed by atoms with Crippen molar-refractivity contribution in [3.8, 4) is 0 Å². The maximum absolute atomic E-state index is 10.5. The van der Waals surface area contributed by atoms with Crippen molar-refractivity contribution < 1.29 is 19.4 Å². The van der Waals surface area contributed by atoms with Gasteiger partial charge in [0.15, 0.2) is 0 Å². The van der Waals surface area contributed by atoms with Gasteiger partial charge in [-0.05, 0) is 36.7 Å². The fraction of sp³-hybridized carbons (Fsp3) is 0.944. The van der Waals surface area contributed by atoms with Crippen LogP contribution < -0.4 is 0 Å². The van der Waals surface area contributed by atoms with Crippen molar-refractivity contribution in [2.45, 2.75) is 82.7 Å². The molecule has 3 fully saturated rings. The smallest absolute Gasteiger partial charge is 0.303 e. The van der Waals surface area contributed by atoms with E-state index in [-0.39, 0.29) is 0 Å². The highest BCUT2D eigenvalue weighted by Crippen LogP contribution is 2.55. The number of hydrogen-bond acceptors (Lipinski definition) is 4. The standard InChI is InChI=1S/C18H30O4S/c1-2-3-10-23-11-13-12(8-6-4-5-7-9-14(19)20)15-17-18(22-17)16(13)21-15/h12-13,15-18H,2-11H2,1H3,(H,19,20)/t12-,13+,15+,16-,17-,18+/m0/s1. The molecule has 0 amide bonds. The van der Waals surface area contributed by atoms with Crippen LogP contribution in [0.2, 0.25) is 0 Å². The van der Waals surface area contributed by atoms with E-state index in [1.165, 1.54) is 37.2 Å². The molecule has 0 radical (unpaired) electrons. The van der Waals surface area contributed by atoms with Gasteiger partial charge in [0.25, 0.3) is 0 Å². The molecule has 0 aromatic heterocycles. The second-order valence-electron chi connectivity index (χ2n) is 7.23. The monoisotopic (exact) mass is 342 g/mol. The zero-order valence-corrected chi connectivity index (χ0v) is 14.9. The van der Waals surface area contributed by atoms with E-state index in [2.05, 4.69) is 18.7 Å². The predicted octanol–water partition coefficient (Wildman–Crippen LogP) is 3.73. The van der Waals surface area contributed by atoms with Crippen molar-refractivity contribution >= 4 is 17.7 Å². The molecule has 0 unspecified atom stereocenters. The minimum absolute atomic E-state index is 0.311. The predicted molar refractivity (Wildman–Crippen MR) is 91.9 cm³/mol. The van der Waals surface area contributed by atoms with Gasteiger partial charge in [0.05, 0.1) is 12.2 Å². The summed E-state index contributed by atoms with van der Waals surface area (Å²) in [6, 6.07) is 0. The van der Waals surface area contributed by atoms with Gasteiger partial charge in [0, 0.05) is 12.3 Å². The third-order valence-electron chi connectivity index (χ3n) is 5.55. The maximum Gasteiger partial charge on any atom is 0.303 e. The van der Waals surface area contributed by atoms with Gasteiger partial charge < -0.3 is 14.6 Å². The first-order chi connectivity index (χ1) is 11.2. The maximum atomic E-state index is 10.5. The van der Waals surface area contributed by atoms with Gasteiger partial charge in [-0.2, -0.15) is 11.8 Å². The summed E-state index contributed by atoms with van der Waals surface area (Å²) < 4.78 is 12.0. The van der Waals surface area contributed by atoms with Crippen molar-refractivity contribution in [1.82, 2.24) is 0 Å². The first kappa shape index (κ1) is 17.6. The molecule has 3 saturated heterocycles. The van der Waals surface area contributed by atoms with E-state index in [4.69, 9.17) is 14.6 Å². The van der Waals surface area contributed by atoms with E-state index >= 15 is 0 Å². The number of ether oxygens (including phenoxy) is 2. The zero-order chi connectivity index (χ0) is 16.2. The van der Waals surface area contributed by atoms with Gasteiger partial charge in [0.2, 0.25) is 0 Å². The second-order valence-corrected chi connectivity index (χ2v) is 8.38. The summed E-state index contributed by atoms with van der Waals surface area (Å²) in [5.74, 6) is 3.15. The first-order valence-corrected chi connectivity index (χ1v) is 10.5. The summed E-state index contributed by atoms with van der Waals surface area (Å²) in [6.45, 7) is 2.25. The van der Waals surface area contributed by atoms with Crippen LogP contribution >= 0.6 is 11.8 Å². The molecule has 1 N–H and O–H groups in total. The Hall–Kier alpha value is -0.260. The fourth-order valence-corrected chi connectivity index (χ4v) is 5.62. The summed E-state index contributed by atoms with van der Waals surface area (Å²) in [6.07, 6.45) is 9.81. The molecule has 6 atom stereocenters. The molecule has 0 aliphatic carbocycles. The minimum Gasteiger partial charge on any atom is -0.481 e. The van der Waals surface area contributed by atoms with Gasteiger partial charge in [-0.15, -0.1) is 0 Å². The molecule has 4 nitrogen and oxygen atoms in total. The number of hydrogen-bond donors (Lipinski definition) is 1. The number of fused-ring (bicyclic) bond motifs is 5. The first-order valence-electron chi connectivity index (χ1n) is 9.33. The summed E-state index contributed by atoms with van der Waals surface area (Å²) >= 11 is 2.09. The number of thioether (sulfide) groups is 1. The lowest BCUT2D eigenvalue weighted by Gasteiger charge is -2.25. The molecular formula is C18H30O4S. The van der Waals surface area contributed by atoms with Gasteiger partial charge in [-0.25, -0.2) is 0 Å². The third-order valence-corrected chi connectivity index (χ3v) is 6.75. The quantitative estimate of drug-likeness (QED) is 0.433. The Bertz CT molecular complexity index is 402. The highest BCUT2D eigenvalue weighted by atomic mass is 32.2. The van der Waals surface area contributed by atoms with Crippen molar-refractivity contribution in [3.63, 3.8) is 0 Å². The Kier molecular flexibility index (Phi) is 6.27. The Balaban J connectivity index is 1.38. The summed E-state index contributed by atoms with van der Waals surface area (Å²) in [5.41, 5.74) is 0. The van der Waals surface area contributed by atoms with E-state index < -0.39 is 5.97 Å². The molecule has 0 spiro atoms. The Morgan fingerprint density at radius 1 is 0.957 bits per heavy atom. The molecule has 0 aromatic carbocycles. The molecule has 3 aliphatic heterocycles. The van der Waals surface area contributed by atoms with E-state index in [1.807, 2.05) is 0 Å². The third kappa shape index (κ3) is 4.23. The van der Waals surface area contributed by atoms with E-state index in [0.717, 1.165) is 19.3 Å². The average Bonchev–Trinajstić information content (AvgIpc) is 3.15. The van der Waals surface area contributed by atoms with Crippen LogP contribution in [0.1, 0.15) is 58.3 Å². The SMILES string of the molecule is CCCCSC[C@@H]1[C@H](CCCCCCC(=O)O)[C@H]2O[C@@H]1[C@H]1O[C@H]12. The average molecular weight is 343 g/mol. The molecule has 2 bridgehead atoms. The molecule has 3 heterocycles. The Labute approximate surface area is 143 Å². The normalized spacial score (nSPS) is 37.1. The van der Waals surface area contributed by atoms with Crippen molar-refractivity contribution in [2.75, 3.05) is 11.5 Å². The molecule has 23 heavy (non-hydrogen) atoms. The van der Waals surface area contributed by atoms with Crippen molar-refractivity contribution in [1.29, 1.82) is 0 Å². The Morgan fingerprint density at radius 2 is 1.65 bits per heavy atom. The lowest BCUT2D eigenvalue weighted by molar-refractivity contribution is -0.137. The lowest BCUT2D eigenvalue weighted by Crippen LogP contribution is -2.34. The molecule has 5 heteroatoms. The van der Waals surface area contributed by atoms with Crippen LogP contribution in [0.15, 0.2) is 0 Å². The van der Waals surface area contributed by atoms with Crippen LogP contribution in [0.25, 0.3) is 0 Å². The highest BCUT2D eigenvalue weighted by molar-refractivity contribution is 7.99. The van der Waals surface area contributed by atoms with Crippen LogP contribution in [0.3, 0.4) is 0 Å². The van der Waals surface area contributed by atoms with Crippen LogP contribution in [0.4, 0.5) is 0 Å². The number of carboxylic acids is 1. The number of unbranched alkanes of at least 4 members (excludes halogenated alkanes) is 4. The number of rotatable bonds is 12. The van der Waals surface area contributed by atoms with E-state index in [9.17, 15) is 4.79 Å². The topological polar surface area (TPSA) is 59.1 Å². The van der Waals surface area contributed by atoms with Gasteiger partial charge in [-0.1, -0.05) is 32.6 Å². The van der Waals surface area contributed by atoms with Crippen LogP contribution in [0.5, 0.6) is 0 Å². The molecule has 3 rings (SSSR count). The molecule has 132 valence electrons. The minimum atomic E-state index is -0.674. The second kappa shape index (κ2) is 8.21. The fourth-order valence-electron chi connectivity index (χ4n) is 4.25. The van der Waals surface area contributed by atoms with Gasteiger partial charge >= 0.3 is 5.97 Å². The lowest BCUT2D eigenvalue weighted by atomic mass is 9.77. The number of epoxide rings is 1. The van der Waals surface area contributed by atoms with Crippen molar-refractivity contribution in [2.24, 2.45) is 11.8 Å². The van der Waals surface area contributed by atoms with Crippen molar-refractivity contribution in [3.05, 3.63) is 0 Å². The largest absolute Gasteiger partial charge is 0.481 e. The number of carboxylic acid groups (broad SMARTS) is 1. The molecule has 3 aliphatic rings. The van der Waals surface area contributed by atoms with Crippen LogP contribution in [-0.2, 0) is 14.3 Å². The summed E-state index contributed by atoms with van der Waals surface area (Å²) in [4.78, 5) is 10.5. The zero-order valence-electron chi connectivity index (χ0n) is 14.1. The number of aliphatic carboxylic acids is 1. The van der Waals surface area contributed by atoms with Gasteiger partial charge in [0.1, 0.15) is 12.2 Å². The van der Waals surface area contributed by atoms with Crippen LogP contribution in [-0.4, -0.2) is 47.0 Å². The highest BCUT2D eigenvalue weighted by Gasteiger charge is 2.68. The van der Waals surface area contributed by atoms with Crippen LogP contribution in [0, 0.1) is 11.8 Å². The van der Waals surface area contributed by atoms with Gasteiger partial charge in [-0.3, -0.25) is 4.79 Å². The molecule has 0 saturated carbocycles.